The summed E-state index contributed by atoms with van der Waals surface area (Å²) in [6, 6.07) is 0.605. The molecule has 3 heteroatoms. The van der Waals surface area contributed by atoms with E-state index in [0.717, 1.165) is 24.6 Å². The molecule has 0 bridgehead atoms. The number of hydrogen-bond acceptors (Lipinski definition) is 2. The fourth-order valence-electron chi connectivity index (χ4n) is 3.17. The largest absolute Gasteiger partial charge is 0.384 e. The first kappa shape index (κ1) is 12.1. The number of nitrogens with two attached hydrogens (primary N) is 1. The Kier molecular flexibility index (Phi) is 2.68. The van der Waals surface area contributed by atoms with Crippen molar-refractivity contribution in [2.24, 2.45) is 11.3 Å². The van der Waals surface area contributed by atoms with E-state index in [2.05, 4.69) is 25.5 Å². The zero-order chi connectivity index (χ0) is 12.9. The Morgan fingerprint density at radius 2 is 2.06 bits per heavy atom. The lowest BCUT2D eigenvalue weighted by atomic mass is 9.69. The number of aromatic nitrogens is 2. The first-order valence-corrected chi connectivity index (χ1v) is 7.38. The SMILES string of the molecule is CCC(C)(C)C1CCc2nn(C3CC3)c(N)c2C1. The summed E-state index contributed by atoms with van der Waals surface area (Å²) in [5, 5.41) is 4.75. The zero-order valence-electron chi connectivity index (χ0n) is 11.9. The second-order valence-electron chi connectivity index (χ2n) is 6.77. The van der Waals surface area contributed by atoms with Crippen molar-refractivity contribution >= 4 is 5.82 Å². The maximum absolute atomic E-state index is 6.31. The van der Waals surface area contributed by atoms with Gasteiger partial charge < -0.3 is 5.73 Å². The molecular formula is C15H25N3. The molecule has 2 N–H and O–H groups in total. The third-order valence-electron chi connectivity index (χ3n) is 5.22. The van der Waals surface area contributed by atoms with Crippen LogP contribution in [0.1, 0.15) is 63.8 Å². The lowest BCUT2D eigenvalue weighted by Gasteiger charge is -2.36. The van der Waals surface area contributed by atoms with Crippen LogP contribution in [0.2, 0.25) is 0 Å². The van der Waals surface area contributed by atoms with Crippen molar-refractivity contribution in [2.75, 3.05) is 5.73 Å². The smallest absolute Gasteiger partial charge is 0.125 e. The Balaban J connectivity index is 1.88. The molecule has 1 aromatic rings. The highest BCUT2D eigenvalue weighted by Crippen LogP contribution is 2.43. The number of fused-ring (bicyclic) bond motifs is 1. The summed E-state index contributed by atoms with van der Waals surface area (Å²) in [6.07, 6.45) is 7.28. The molecule has 18 heavy (non-hydrogen) atoms. The predicted octanol–water partition coefficient (Wildman–Crippen LogP) is 3.34. The van der Waals surface area contributed by atoms with Gasteiger partial charge in [-0.1, -0.05) is 27.2 Å². The Morgan fingerprint density at radius 3 is 2.67 bits per heavy atom. The van der Waals surface area contributed by atoms with Gasteiger partial charge in [-0.05, 0) is 43.4 Å². The van der Waals surface area contributed by atoms with Gasteiger partial charge in [-0.25, -0.2) is 4.68 Å². The number of anilines is 1. The van der Waals surface area contributed by atoms with E-state index in [4.69, 9.17) is 10.8 Å². The quantitative estimate of drug-likeness (QED) is 0.890. The van der Waals surface area contributed by atoms with Crippen LogP contribution in [-0.4, -0.2) is 9.78 Å². The fourth-order valence-corrected chi connectivity index (χ4v) is 3.17. The van der Waals surface area contributed by atoms with E-state index >= 15 is 0 Å². The first-order valence-electron chi connectivity index (χ1n) is 7.38. The van der Waals surface area contributed by atoms with E-state index in [1.54, 1.807) is 0 Å². The Bertz CT molecular complexity index is 455. The number of nitrogens with zero attached hydrogens (tertiary/aromatic N) is 2. The normalized spacial score (nSPS) is 24.1. The lowest BCUT2D eigenvalue weighted by Crippen LogP contribution is -2.29. The number of nitrogen functional groups attached to an aromatic ring is 1. The molecule has 3 rings (SSSR count). The molecule has 2 aliphatic rings. The van der Waals surface area contributed by atoms with Crippen molar-refractivity contribution in [3.8, 4) is 0 Å². The van der Waals surface area contributed by atoms with Crippen LogP contribution in [-0.2, 0) is 12.8 Å². The predicted molar refractivity (Wildman–Crippen MR) is 74.5 cm³/mol. The fraction of sp³-hybridized carbons (Fsp3) is 0.800. The molecule has 0 amide bonds. The summed E-state index contributed by atoms with van der Waals surface area (Å²) in [5.41, 5.74) is 9.38. The minimum atomic E-state index is 0.422. The third kappa shape index (κ3) is 1.84. The van der Waals surface area contributed by atoms with Gasteiger partial charge in [0.05, 0.1) is 11.7 Å². The van der Waals surface area contributed by atoms with E-state index in [-0.39, 0.29) is 0 Å². The molecule has 1 saturated carbocycles. The van der Waals surface area contributed by atoms with Crippen LogP contribution < -0.4 is 5.73 Å². The second kappa shape index (κ2) is 4.01. The summed E-state index contributed by atoms with van der Waals surface area (Å²) in [7, 11) is 0. The number of hydrogen-bond donors (Lipinski definition) is 1. The average Bonchev–Trinajstić information content (AvgIpc) is 3.15. The van der Waals surface area contributed by atoms with Crippen LogP contribution in [0, 0.1) is 11.3 Å². The van der Waals surface area contributed by atoms with Crippen LogP contribution in [0.4, 0.5) is 5.82 Å². The minimum absolute atomic E-state index is 0.422. The lowest BCUT2D eigenvalue weighted by molar-refractivity contribution is 0.183. The maximum Gasteiger partial charge on any atom is 0.125 e. The van der Waals surface area contributed by atoms with Gasteiger partial charge in [0.1, 0.15) is 5.82 Å². The maximum atomic E-state index is 6.31. The summed E-state index contributed by atoms with van der Waals surface area (Å²) in [4.78, 5) is 0. The first-order chi connectivity index (χ1) is 8.53. The highest BCUT2D eigenvalue weighted by atomic mass is 15.3. The zero-order valence-corrected chi connectivity index (χ0v) is 11.9. The Labute approximate surface area is 110 Å². The van der Waals surface area contributed by atoms with E-state index in [0.29, 0.717) is 11.5 Å². The van der Waals surface area contributed by atoms with Crippen LogP contribution >= 0.6 is 0 Å². The van der Waals surface area contributed by atoms with Gasteiger partial charge in [-0.3, -0.25) is 0 Å². The molecule has 1 aromatic heterocycles. The molecule has 0 saturated heterocycles. The van der Waals surface area contributed by atoms with Gasteiger partial charge >= 0.3 is 0 Å². The van der Waals surface area contributed by atoms with Crippen LogP contribution in [0.25, 0.3) is 0 Å². The molecule has 1 atom stereocenters. The van der Waals surface area contributed by atoms with Gasteiger partial charge in [-0.2, -0.15) is 5.10 Å². The van der Waals surface area contributed by atoms with Crippen molar-refractivity contribution in [1.29, 1.82) is 0 Å². The molecule has 0 aliphatic heterocycles. The van der Waals surface area contributed by atoms with E-state index in [9.17, 15) is 0 Å². The van der Waals surface area contributed by atoms with Gasteiger partial charge in [0.15, 0.2) is 0 Å². The second-order valence-corrected chi connectivity index (χ2v) is 6.77. The third-order valence-corrected chi connectivity index (χ3v) is 5.22. The highest BCUT2D eigenvalue weighted by Gasteiger charge is 2.35. The standard InChI is InChI=1S/C15H25N3/c1-4-15(2,3)10-5-8-13-12(9-10)14(16)18(17-13)11-6-7-11/h10-11H,4-9,16H2,1-3H3. The molecule has 2 aliphatic carbocycles. The van der Waals surface area contributed by atoms with Crippen molar-refractivity contribution < 1.29 is 0 Å². The monoisotopic (exact) mass is 247 g/mol. The molecule has 1 fully saturated rings. The van der Waals surface area contributed by atoms with Gasteiger partial charge in [-0.15, -0.1) is 0 Å². The molecule has 0 spiro atoms. The van der Waals surface area contributed by atoms with Crippen molar-refractivity contribution in [3.05, 3.63) is 11.3 Å². The van der Waals surface area contributed by atoms with E-state index < -0.39 is 0 Å². The minimum Gasteiger partial charge on any atom is -0.384 e. The Morgan fingerprint density at radius 1 is 1.33 bits per heavy atom. The Hall–Kier alpha value is -0.990. The van der Waals surface area contributed by atoms with Crippen LogP contribution in [0.5, 0.6) is 0 Å². The van der Waals surface area contributed by atoms with Gasteiger partial charge in [0.2, 0.25) is 0 Å². The number of rotatable bonds is 3. The molecule has 100 valence electrons. The van der Waals surface area contributed by atoms with Crippen molar-refractivity contribution in [2.45, 2.75) is 65.3 Å². The van der Waals surface area contributed by atoms with E-state index in [1.165, 1.54) is 36.9 Å². The molecule has 0 radical (unpaired) electrons. The molecular weight excluding hydrogens is 222 g/mol. The molecule has 1 heterocycles. The summed E-state index contributed by atoms with van der Waals surface area (Å²) < 4.78 is 2.10. The van der Waals surface area contributed by atoms with Gasteiger partial charge in [0.25, 0.3) is 0 Å². The van der Waals surface area contributed by atoms with Crippen LogP contribution in [0.3, 0.4) is 0 Å². The summed E-state index contributed by atoms with van der Waals surface area (Å²) >= 11 is 0. The van der Waals surface area contributed by atoms with Gasteiger partial charge in [0, 0.05) is 5.56 Å². The van der Waals surface area contributed by atoms with E-state index in [1.807, 2.05) is 0 Å². The van der Waals surface area contributed by atoms with Crippen LogP contribution in [0.15, 0.2) is 0 Å². The highest BCUT2D eigenvalue weighted by molar-refractivity contribution is 5.46. The summed E-state index contributed by atoms with van der Waals surface area (Å²) in [5.74, 6) is 1.72. The molecule has 3 nitrogen and oxygen atoms in total. The number of aryl methyl sites for hydroxylation is 1. The van der Waals surface area contributed by atoms with Crippen molar-refractivity contribution in [1.82, 2.24) is 9.78 Å². The topological polar surface area (TPSA) is 43.8 Å². The summed E-state index contributed by atoms with van der Waals surface area (Å²) in [6.45, 7) is 7.08. The molecule has 1 unspecified atom stereocenters. The molecule has 0 aromatic carbocycles. The van der Waals surface area contributed by atoms with Crippen molar-refractivity contribution in [3.63, 3.8) is 0 Å². The average molecular weight is 247 g/mol.